The van der Waals surface area contributed by atoms with Gasteiger partial charge in [0.05, 0.1) is 5.69 Å². The summed E-state index contributed by atoms with van der Waals surface area (Å²) in [5.74, 6) is 0.563. The molecule has 0 heterocycles. The molecule has 1 aromatic rings. The third-order valence-corrected chi connectivity index (χ3v) is 5.21. The largest absolute Gasteiger partial charge is 0.397 e. The van der Waals surface area contributed by atoms with Crippen molar-refractivity contribution in [2.24, 2.45) is 5.92 Å². The summed E-state index contributed by atoms with van der Waals surface area (Å²) >= 11 is 0. The van der Waals surface area contributed by atoms with Crippen LogP contribution in [0.5, 0.6) is 0 Å². The minimum atomic E-state index is -3.57. The third-order valence-electron chi connectivity index (χ3n) is 3.41. The zero-order valence-electron chi connectivity index (χ0n) is 13.0. The van der Waals surface area contributed by atoms with Gasteiger partial charge >= 0.3 is 0 Å². The number of aryl methyl sites for hydroxylation is 2. The van der Waals surface area contributed by atoms with E-state index in [1.165, 1.54) is 0 Å². The number of hydrogen-bond acceptors (Lipinski definition) is 3. The summed E-state index contributed by atoms with van der Waals surface area (Å²) in [5, 5.41) is 0. The molecule has 3 N–H and O–H groups in total. The van der Waals surface area contributed by atoms with E-state index in [0.29, 0.717) is 17.2 Å². The van der Waals surface area contributed by atoms with Crippen LogP contribution in [0.1, 0.15) is 44.7 Å². The second-order valence-corrected chi connectivity index (χ2v) is 7.59. The van der Waals surface area contributed by atoms with Gasteiger partial charge in [-0.3, -0.25) is 0 Å². The number of nitrogen functional groups attached to an aromatic ring is 1. The van der Waals surface area contributed by atoms with Crippen LogP contribution in [-0.2, 0) is 10.0 Å². The van der Waals surface area contributed by atoms with E-state index in [1.807, 2.05) is 19.9 Å². The molecule has 0 saturated carbocycles. The summed E-state index contributed by atoms with van der Waals surface area (Å²) in [6.45, 7) is 9.73. The summed E-state index contributed by atoms with van der Waals surface area (Å²) in [4.78, 5) is 0.217. The van der Waals surface area contributed by atoms with Crippen molar-refractivity contribution in [3.05, 3.63) is 23.3 Å². The van der Waals surface area contributed by atoms with Crippen molar-refractivity contribution in [1.82, 2.24) is 4.72 Å². The molecule has 0 radical (unpaired) electrons. The Labute approximate surface area is 122 Å². The van der Waals surface area contributed by atoms with E-state index >= 15 is 0 Å². The molecule has 114 valence electrons. The average Bonchev–Trinajstić information content (AvgIpc) is 2.31. The summed E-state index contributed by atoms with van der Waals surface area (Å²) in [6, 6.07) is 3.53. The van der Waals surface area contributed by atoms with Crippen LogP contribution in [0.4, 0.5) is 5.69 Å². The first-order valence-corrected chi connectivity index (χ1v) is 8.51. The fourth-order valence-electron chi connectivity index (χ4n) is 2.13. The number of anilines is 1. The SMILES string of the molecule is Cc1ccc(C)c(S(=O)(=O)NC(C)CCC(C)C)c1N. The zero-order chi connectivity index (χ0) is 15.5. The number of benzene rings is 1. The average molecular weight is 298 g/mol. The second-order valence-electron chi connectivity index (χ2n) is 5.94. The van der Waals surface area contributed by atoms with Crippen molar-refractivity contribution in [2.45, 2.75) is 58.4 Å². The Morgan fingerprint density at radius 2 is 1.65 bits per heavy atom. The predicted octanol–water partition coefficient (Wildman–Crippen LogP) is 2.99. The highest BCUT2D eigenvalue weighted by Gasteiger charge is 2.23. The molecule has 0 aromatic heterocycles. The topological polar surface area (TPSA) is 72.2 Å². The van der Waals surface area contributed by atoms with Gasteiger partial charge in [-0.2, -0.15) is 0 Å². The number of hydrogen-bond donors (Lipinski definition) is 2. The van der Waals surface area contributed by atoms with Gasteiger partial charge in [0.15, 0.2) is 0 Å². The standard InChI is InChI=1S/C15H26N2O2S/c1-10(2)6-9-13(5)17-20(18,19)15-12(4)8-7-11(3)14(15)16/h7-8,10,13,17H,6,9,16H2,1-5H3. The Morgan fingerprint density at radius 3 is 2.20 bits per heavy atom. The van der Waals surface area contributed by atoms with Gasteiger partial charge < -0.3 is 5.73 Å². The number of rotatable bonds is 6. The normalized spacial score (nSPS) is 13.7. The third kappa shape index (κ3) is 4.21. The molecule has 4 nitrogen and oxygen atoms in total. The van der Waals surface area contributed by atoms with Crippen molar-refractivity contribution in [2.75, 3.05) is 5.73 Å². The Balaban J connectivity index is 2.98. The molecule has 5 heteroatoms. The van der Waals surface area contributed by atoms with Crippen LogP contribution in [0.2, 0.25) is 0 Å². The molecule has 0 amide bonds. The van der Waals surface area contributed by atoms with Crippen LogP contribution in [0.25, 0.3) is 0 Å². The van der Waals surface area contributed by atoms with E-state index < -0.39 is 10.0 Å². The van der Waals surface area contributed by atoms with Gasteiger partial charge in [-0.25, -0.2) is 13.1 Å². The molecule has 0 bridgehead atoms. The van der Waals surface area contributed by atoms with Crippen molar-refractivity contribution >= 4 is 15.7 Å². The maximum Gasteiger partial charge on any atom is 0.243 e. The van der Waals surface area contributed by atoms with Gasteiger partial charge in [-0.15, -0.1) is 0 Å². The molecule has 20 heavy (non-hydrogen) atoms. The fourth-order valence-corrected chi connectivity index (χ4v) is 3.84. The number of nitrogens with one attached hydrogen (secondary N) is 1. The van der Waals surface area contributed by atoms with E-state index in [-0.39, 0.29) is 10.9 Å². The van der Waals surface area contributed by atoms with E-state index in [4.69, 9.17) is 5.73 Å². The van der Waals surface area contributed by atoms with Crippen LogP contribution in [0, 0.1) is 19.8 Å². The van der Waals surface area contributed by atoms with Crippen molar-refractivity contribution in [1.29, 1.82) is 0 Å². The summed E-state index contributed by atoms with van der Waals surface area (Å²) in [7, 11) is -3.57. The molecule has 1 aromatic carbocycles. The van der Waals surface area contributed by atoms with Crippen LogP contribution < -0.4 is 10.5 Å². The first-order chi connectivity index (χ1) is 9.15. The Hall–Kier alpha value is -1.07. The van der Waals surface area contributed by atoms with E-state index in [1.54, 1.807) is 13.0 Å². The summed E-state index contributed by atoms with van der Waals surface area (Å²) < 4.78 is 27.7. The highest BCUT2D eigenvalue weighted by atomic mass is 32.2. The van der Waals surface area contributed by atoms with Crippen LogP contribution in [-0.4, -0.2) is 14.5 Å². The first kappa shape index (κ1) is 17.0. The Bertz CT molecular complexity index is 565. The lowest BCUT2D eigenvalue weighted by Gasteiger charge is -2.18. The molecular formula is C15H26N2O2S. The minimum Gasteiger partial charge on any atom is -0.397 e. The zero-order valence-corrected chi connectivity index (χ0v) is 13.8. The lowest BCUT2D eigenvalue weighted by Crippen LogP contribution is -2.33. The summed E-state index contributed by atoms with van der Waals surface area (Å²) in [5.41, 5.74) is 7.75. The van der Waals surface area contributed by atoms with Crippen LogP contribution in [0.15, 0.2) is 17.0 Å². The smallest absolute Gasteiger partial charge is 0.243 e. The Morgan fingerprint density at radius 1 is 1.10 bits per heavy atom. The molecule has 0 fully saturated rings. The molecule has 1 rings (SSSR count). The maximum absolute atomic E-state index is 12.5. The first-order valence-electron chi connectivity index (χ1n) is 7.03. The van der Waals surface area contributed by atoms with E-state index in [9.17, 15) is 8.42 Å². The van der Waals surface area contributed by atoms with Gasteiger partial charge in [0.2, 0.25) is 10.0 Å². The molecule has 0 aliphatic heterocycles. The van der Waals surface area contributed by atoms with Crippen molar-refractivity contribution < 1.29 is 8.42 Å². The molecule has 1 unspecified atom stereocenters. The fraction of sp³-hybridized carbons (Fsp3) is 0.600. The minimum absolute atomic E-state index is 0.0956. The second kappa shape index (κ2) is 6.59. The predicted molar refractivity (Wildman–Crippen MR) is 84.2 cm³/mol. The van der Waals surface area contributed by atoms with Gasteiger partial charge in [0.1, 0.15) is 4.90 Å². The number of nitrogens with two attached hydrogens (primary N) is 1. The lowest BCUT2D eigenvalue weighted by atomic mass is 10.1. The molecule has 1 atom stereocenters. The molecule has 0 spiro atoms. The van der Waals surface area contributed by atoms with Gasteiger partial charge in [0.25, 0.3) is 0 Å². The van der Waals surface area contributed by atoms with E-state index in [2.05, 4.69) is 18.6 Å². The lowest BCUT2D eigenvalue weighted by molar-refractivity contribution is 0.485. The summed E-state index contributed by atoms with van der Waals surface area (Å²) in [6.07, 6.45) is 1.81. The highest BCUT2D eigenvalue weighted by Crippen LogP contribution is 2.26. The number of sulfonamides is 1. The van der Waals surface area contributed by atoms with E-state index in [0.717, 1.165) is 18.4 Å². The maximum atomic E-state index is 12.5. The molecular weight excluding hydrogens is 272 g/mol. The molecule has 0 aliphatic rings. The van der Waals surface area contributed by atoms with Gasteiger partial charge in [-0.1, -0.05) is 26.0 Å². The monoisotopic (exact) mass is 298 g/mol. The van der Waals surface area contributed by atoms with Crippen molar-refractivity contribution in [3.8, 4) is 0 Å². The molecule has 0 saturated heterocycles. The van der Waals surface area contributed by atoms with Gasteiger partial charge in [-0.05, 0) is 50.7 Å². The van der Waals surface area contributed by atoms with Crippen LogP contribution in [0.3, 0.4) is 0 Å². The quantitative estimate of drug-likeness (QED) is 0.793. The van der Waals surface area contributed by atoms with Crippen molar-refractivity contribution in [3.63, 3.8) is 0 Å². The highest BCUT2D eigenvalue weighted by molar-refractivity contribution is 7.89. The van der Waals surface area contributed by atoms with Crippen LogP contribution >= 0.6 is 0 Å². The Kier molecular flexibility index (Phi) is 5.59. The molecule has 0 aliphatic carbocycles. The van der Waals surface area contributed by atoms with Gasteiger partial charge in [0, 0.05) is 6.04 Å².